The summed E-state index contributed by atoms with van der Waals surface area (Å²) in [6.45, 7) is 2.60. The fraction of sp³-hybridized carbons (Fsp3) is 0.538. The van der Waals surface area contributed by atoms with E-state index in [0.717, 1.165) is 13.1 Å². The van der Waals surface area contributed by atoms with Crippen molar-refractivity contribution in [3.63, 3.8) is 0 Å². The minimum Gasteiger partial charge on any atom is -0.391 e. The summed E-state index contributed by atoms with van der Waals surface area (Å²) in [6.07, 6.45) is 2.77. The van der Waals surface area contributed by atoms with E-state index in [0.29, 0.717) is 13.0 Å². The maximum absolute atomic E-state index is 9.64. The van der Waals surface area contributed by atoms with Crippen molar-refractivity contribution >= 4 is 5.69 Å². The van der Waals surface area contributed by atoms with Crippen molar-refractivity contribution < 1.29 is 5.11 Å². The summed E-state index contributed by atoms with van der Waals surface area (Å²) in [5.41, 5.74) is 7.94. The van der Waals surface area contributed by atoms with E-state index in [-0.39, 0.29) is 0 Å². The predicted octanol–water partition coefficient (Wildman–Crippen LogP) is 1.15. The monoisotopic (exact) mass is 220 g/mol. The normalized spacial score (nSPS) is 17.8. The Morgan fingerprint density at radius 1 is 1.25 bits per heavy atom. The fourth-order valence-corrected chi connectivity index (χ4v) is 2.29. The average Bonchev–Trinajstić information content (AvgIpc) is 2.83. The van der Waals surface area contributed by atoms with Crippen LogP contribution in [-0.2, 0) is 6.42 Å². The van der Waals surface area contributed by atoms with Crippen LogP contribution in [0.1, 0.15) is 18.4 Å². The molecule has 0 radical (unpaired) electrons. The third kappa shape index (κ3) is 2.54. The minimum atomic E-state index is -0.427. The SMILES string of the molecule is NCC(O)Cc1ccccc1N1CCCC1. The van der Waals surface area contributed by atoms with Crippen LogP contribution in [0.25, 0.3) is 0 Å². The van der Waals surface area contributed by atoms with Gasteiger partial charge in [0.1, 0.15) is 0 Å². The number of aliphatic hydroxyl groups is 1. The highest BCUT2D eigenvalue weighted by Gasteiger charge is 2.16. The van der Waals surface area contributed by atoms with Gasteiger partial charge in [0, 0.05) is 31.7 Å². The second kappa shape index (κ2) is 5.32. The van der Waals surface area contributed by atoms with Crippen molar-refractivity contribution in [3.8, 4) is 0 Å². The Bertz CT molecular complexity index is 334. The highest BCUT2D eigenvalue weighted by Crippen LogP contribution is 2.25. The molecule has 2 rings (SSSR count). The lowest BCUT2D eigenvalue weighted by atomic mass is 10.1. The molecule has 0 spiro atoms. The lowest BCUT2D eigenvalue weighted by Crippen LogP contribution is -2.24. The molecule has 0 aromatic heterocycles. The maximum Gasteiger partial charge on any atom is 0.0703 e. The van der Waals surface area contributed by atoms with Gasteiger partial charge in [-0.3, -0.25) is 0 Å². The van der Waals surface area contributed by atoms with Crippen LogP contribution < -0.4 is 10.6 Å². The Morgan fingerprint density at radius 3 is 2.62 bits per heavy atom. The average molecular weight is 220 g/mol. The van der Waals surface area contributed by atoms with Gasteiger partial charge in [-0.25, -0.2) is 0 Å². The zero-order valence-electron chi connectivity index (χ0n) is 9.60. The van der Waals surface area contributed by atoms with Crippen LogP contribution in [0.2, 0.25) is 0 Å². The Morgan fingerprint density at radius 2 is 1.94 bits per heavy atom. The highest BCUT2D eigenvalue weighted by atomic mass is 16.3. The lowest BCUT2D eigenvalue weighted by Gasteiger charge is -2.22. The number of hydrogen-bond donors (Lipinski definition) is 2. The number of hydrogen-bond acceptors (Lipinski definition) is 3. The van der Waals surface area contributed by atoms with E-state index in [1.54, 1.807) is 0 Å². The van der Waals surface area contributed by atoms with Gasteiger partial charge in [-0.1, -0.05) is 18.2 Å². The van der Waals surface area contributed by atoms with Crippen LogP contribution in [0, 0.1) is 0 Å². The molecule has 0 amide bonds. The molecule has 1 aliphatic heterocycles. The molecular weight excluding hydrogens is 200 g/mol. The molecule has 3 N–H and O–H groups in total. The largest absolute Gasteiger partial charge is 0.391 e. The number of aliphatic hydroxyl groups excluding tert-OH is 1. The van der Waals surface area contributed by atoms with Crippen molar-refractivity contribution in [2.24, 2.45) is 5.73 Å². The van der Waals surface area contributed by atoms with Crippen molar-refractivity contribution in [2.75, 3.05) is 24.5 Å². The molecule has 1 unspecified atom stereocenters. The minimum absolute atomic E-state index is 0.328. The third-order valence-electron chi connectivity index (χ3n) is 3.17. The van der Waals surface area contributed by atoms with E-state index < -0.39 is 6.10 Å². The van der Waals surface area contributed by atoms with E-state index >= 15 is 0 Å². The maximum atomic E-state index is 9.64. The van der Waals surface area contributed by atoms with Gasteiger partial charge in [0.25, 0.3) is 0 Å². The number of anilines is 1. The molecule has 88 valence electrons. The van der Waals surface area contributed by atoms with Crippen molar-refractivity contribution in [1.82, 2.24) is 0 Å². The van der Waals surface area contributed by atoms with E-state index in [2.05, 4.69) is 23.1 Å². The molecule has 1 fully saturated rings. The first-order valence-corrected chi connectivity index (χ1v) is 6.02. The molecule has 0 aliphatic carbocycles. The molecular formula is C13H20N2O. The Kier molecular flexibility index (Phi) is 3.80. The summed E-state index contributed by atoms with van der Waals surface area (Å²) in [5.74, 6) is 0. The van der Waals surface area contributed by atoms with Crippen molar-refractivity contribution in [1.29, 1.82) is 0 Å². The summed E-state index contributed by atoms with van der Waals surface area (Å²) in [4.78, 5) is 2.40. The van der Waals surface area contributed by atoms with Crippen molar-refractivity contribution in [2.45, 2.75) is 25.4 Å². The van der Waals surface area contributed by atoms with Crippen LogP contribution in [0.4, 0.5) is 5.69 Å². The smallest absolute Gasteiger partial charge is 0.0703 e. The van der Waals surface area contributed by atoms with Gasteiger partial charge in [-0.05, 0) is 24.5 Å². The van der Waals surface area contributed by atoms with Gasteiger partial charge < -0.3 is 15.7 Å². The molecule has 1 saturated heterocycles. The second-order valence-electron chi connectivity index (χ2n) is 4.42. The zero-order chi connectivity index (χ0) is 11.4. The molecule has 1 heterocycles. The Balaban J connectivity index is 2.16. The lowest BCUT2D eigenvalue weighted by molar-refractivity contribution is 0.183. The zero-order valence-corrected chi connectivity index (χ0v) is 9.60. The highest BCUT2D eigenvalue weighted by molar-refractivity contribution is 5.54. The number of para-hydroxylation sites is 1. The van der Waals surface area contributed by atoms with E-state index in [9.17, 15) is 5.11 Å². The molecule has 1 aromatic carbocycles. The Labute approximate surface area is 96.9 Å². The van der Waals surface area contributed by atoms with Crippen LogP contribution in [0.3, 0.4) is 0 Å². The van der Waals surface area contributed by atoms with E-state index in [1.807, 2.05) is 6.07 Å². The second-order valence-corrected chi connectivity index (χ2v) is 4.42. The molecule has 3 nitrogen and oxygen atoms in total. The molecule has 1 aliphatic rings. The summed E-state index contributed by atoms with van der Waals surface area (Å²) in [5, 5.41) is 9.64. The summed E-state index contributed by atoms with van der Waals surface area (Å²) < 4.78 is 0. The molecule has 1 aromatic rings. The molecule has 3 heteroatoms. The van der Waals surface area contributed by atoms with E-state index in [4.69, 9.17) is 5.73 Å². The summed E-state index contributed by atoms with van der Waals surface area (Å²) >= 11 is 0. The number of benzene rings is 1. The first kappa shape index (κ1) is 11.4. The number of nitrogens with zero attached hydrogens (tertiary/aromatic N) is 1. The van der Waals surface area contributed by atoms with Gasteiger partial charge in [-0.15, -0.1) is 0 Å². The summed E-state index contributed by atoms with van der Waals surface area (Å²) in [6, 6.07) is 8.32. The van der Waals surface area contributed by atoms with Crippen molar-refractivity contribution in [3.05, 3.63) is 29.8 Å². The molecule has 1 atom stereocenters. The van der Waals surface area contributed by atoms with Gasteiger partial charge in [0.05, 0.1) is 6.10 Å². The third-order valence-corrected chi connectivity index (χ3v) is 3.17. The van der Waals surface area contributed by atoms with Crippen LogP contribution in [0.5, 0.6) is 0 Å². The van der Waals surface area contributed by atoms with Crippen LogP contribution in [-0.4, -0.2) is 30.8 Å². The van der Waals surface area contributed by atoms with Gasteiger partial charge in [-0.2, -0.15) is 0 Å². The van der Waals surface area contributed by atoms with Gasteiger partial charge in [0.15, 0.2) is 0 Å². The quantitative estimate of drug-likeness (QED) is 0.800. The van der Waals surface area contributed by atoms with Crippen LogP contribution in [0.15, 0.2) is 24.3 Å². The molecule has 16 heavy (non-hydrogen) atoms. The standard InChI is InChI=1S/C13H20N2O/c14-10-12(16)9-11-5-1-2-6-13(11)15-7-3-4-8-15/h1-2,5-6,12,16H,3-4,7-10,14H2. The fourth-order valence-electron chi connectivity index (χ4n) is 2.29. The first-order chi connectivity index (χ1) is 7.81. The van der Waals surface area contributed by atoms with Gasteiger partial charge >= 0.3 is 0 Å². The van der Waals surface area contributed by atoms with Gasteiger partial charge in [0.2, 0.25) is 0 Å². The predicted molar refractivity (Wildman–Crippen MR) is 66.7 cm³/mol. The van der Waals surface area contributed by atoms with Crippen LogP contribution >= 0.6 is 0 Å². The van der Waals surface area contributed by atoms with E-state index in [1.165, 1.54) is 24.1 Å². The Hall–Kier alpha value is -1.06. The molecule has 0 saturated carbocycles. The molecule has 0 bridgehead atoms. The number of rotatable bonds is 4. The number of nitrogens with two attached hydrogens (primary N) is 1. The first-order valence-electron chi connectivity index (χ1n) is 6.02. The topological polar surface area (TPSA) is 49.5 Å². The summed E-state index contributed by atoms with van der Waals surface area (Å²) in [7, 11) is 0.